The molecule has 0 bridgehead atoms. The Labute approximate surface area is 181 Å². The molecule has 0 radical (unpaired) electrons. The first-order valence-corrected chi connectivity index (χ1v) is 9.98. The van der Waals surface area contributed by atoms with Crippen LogP contribution >= 0.6 is 11.6 Å². The Bertz CT molecular complexity index is 1040. The Hall–Kier alpha value is -3.18. The summed E-state index contributed by atoms with van der Waals surface area (Å²) in [6.45, 7) is 4.58. The summed E-state index contributed by atoms with van der Waals surface area (Å²) in [5, 5.41) is 3.59. The third-order valence-electron chi connectivity index (χ3n) is 4.50. The summed E-state index contributed by atoms with van der Waals surface area (Å²) in [5.74, 6) is 1.73. The van der Waals surface area contributed by atoms with E-state index >= 15 is 0 Å². The van der Waals surface area contributed by atoms with Gasteiger partial charge in [-0.3, -0.25) is 4.79 Å². The van der Waals surface area contributed by atoms with Crippen LogP contribution in [0.25, 0.3) is 0 Å². The number of hydrogen-bond acceptors (Lipinski definition) is 4. The molecule has 6 heteroatoms. The van der Waals surface area contributed by atoms with Crippen molar-refractivity contribution in [3.8, 4) is 17.2 Å². The minimum absolute atomic E-state index is 0.242. The zero-order valence-electron chi connectivity index (χ0n) is 17.2. The number of methoxy groups -OCH3 is 1. The Morgan fingerprint density at radius 2 is 1.80 bits per heavy atom. The van der Waals surface area contributed by atoms with Gasteiger partial charge in [-0.2, -0.15) is 0 Å². The van der Waals surface area contributed by atoms with Crippen LogP contribution < -0.4 is 19.5 Å². The standard InChI is InChI=1S/C24H24ClNO4/c1-4-29-23-8-6-5-7-21(23)26-24(27)17-9-12-22(28-3)18(14-17)15-30-19-10-11-20(25)16(2)13-19/h5-14H,4,15H2,1-3H3,(H,26,27). The summed E-state index contributed by atoms with van der Waals surface area (Å²) in [6, 6.07) is 18.0. The molecule has 0 saturated carbocycles. The zero-order valence-corrected chi connectivity index (χ0v) is 18.0. The van der Waals surface area contributed by atoms with E-state index in [-0.39, 0.29) is 12.5 Å². The summed E-state index contributed by atoms with van der Waals surface area (Å²) in [6.07, 6.45) is 0. The molecule has 3 aromatic rings. The molecule has 0 fully saturated rings. The van der Waals surface area contributed by atoms with Crippen molar-refractivity contribution in [2.24, 2.45) is 0 Å². The second-order valence-electron chi connectivity index (χ2n) is 6.61. The highest BCUT2D eigenvalue weighted by Crippen LogP contribution is 2.27. The Kier molecular flexibility index (Phi) is 7.20. The lowest BCUT2D eigenvalue weighted by Gasteiger charge is -2.14. The van der Waals surface area contributed by atoms with Crippen LogP contribution in [0.2, 0.25) is 5.02 Å². The molecule has 0 atom stereocenters. The van der Waals surface area contributed by atoms with Crippen molar-refractivity contribution in [2.45, 2.75) is 20.5 Å². The third kappa shape index (κ3) is 5.24. The molecular weight excluding hydrogens is 402 g/mol. The quantitative estimate of drug-likeness (QED) is 0.489. The van der Waals surface area contributed by atoms with Gasteiger partial charge in [0.2, 0.25) is 0 Å². The van der Waals surface area contributed by atoms with Crippen LogP contribution in [0, 0.1) is 6.92 Å². The lowest BCUT2D eigenvalue weighted by Crippen LogP contribution is -2.14. The molecule has 3 aromatic carbocycles. The second kappa shape index (κ2) is 10.0. The number of halogens is 1. The number of rotatable bonds is 8. The number of hydrogen-bond donors (Lipinski definition) is 1. The van der Waals surface area contributed by atoms with Crippen molar-refractivity contribution in [2.75, 3.05) is 19.0 Å². The molecule has 156 valence electrons. The number of ether oxygens (including phenoxy) is 3. The average molecular weight is 426 g/mol. The van der Waals surface area contributed by atoms with Crippen molar-refractivity contribution in [3.05, 3.63) is 82.4 Å². The predicted octanol–water partition coefficient (Wildman–Crippen LogP) is 5.89. The molecule has 0 aliphatic heterocycles. The summed E-state index contributed by atoms with van der Waals surface area (Å²) >= 11 is 6.07. The second-order valence-corrected chi connectivity index (χ2v) is 7.02. The molecule has 5 nitrogen and oxygen atoms in total. The summed E-state index contributed by atoms with van der Waals surface area (Å²) in [4.78, 5) is 12.8. The van der Waals surface area contributed by atoms with Crippen LogP contribution in [0.3, 0.4) is 0 Å². The van der Waals surface area contributed by atoms with E-state index in [1.165, 1.54) is 0 Å². The van der Waals surface area contributed by atoms with Gasteiger partial charge in [0.1, 0.15) is 23.9 Å². The molecular formula is C24H24ClNO4. The van der Waals surface area contributed by atoms with Crippen LogP contribution in [0.15, 0.2) is 60.7 Å². The molecule has 3 rings (SSSR count). The van der Waals surface area contributed by atoms with E-state index in [1.54, 1.807) is 37.4 Å². The van der Waals surface area contributed by atoms with E-state index in [0.717, 1.165) is 11.1 Å². The smallest absolute Gasteiger partial charge is 0.255 e. The van der Waals surface area contributed by atoms with E-state index in [2.05, 4.69) is 5.32 Å². The highest BCUT2D eigenvalue weighted by molar-refractivity contribution is 6.31. The highest BCUT2D eigenvalue weighted by atomic mass is 35.5. The van der Waals surface area contributed by atoms with Gasteiger partial charge < -0.3 is 19.5 Å². The van der Waals surface area contributed by atoms with Crippen LogP contribution in [0.5, 0.6) is 17.2 Å². The number of carbonyl (C=O) groups is 1. The molecule has 1 N–H and O–H groups in total. The molecule has 0 spiro atoms. The van der Waals surface area contributed by atoms with E-state index in [4.69, 9.17) is 25.8 Å². The van der Waals surface area contributed by atoms with Crippen LogP contribution in [-0.2, 0) is 6.61 Å². The molecule has 1 amide bonds. The lowest BCUT2D eigenvalue weighted by molar-refractivity contribution is 0.102. The number of nitrogens with one attached hydrogen (secondary N) is 1. The average Bonchev–Trinajstić information content (AvgIpc) is 2.76. The van der Waals surface area contributed by atoms with E-state index < -0.39 is 0 Å². The van der Waals surface area contributed by atoms with E-state index in [1.807, 2.05) is 44.2 Å². The first kappa shape index (κ1) is 21.5. The maximum absolute atomic E-state index is 12.8. The van der Waals surface area contributed by atoms with Gasteiger partial charge in [0.25, 0.3) is 5.91 Å². The van der Waals surface area contributed by atoms with Crippen LogP contribution in [0.1, 0.15) is 28.4 Å². The van der Waals surface area contributed by atoms with Crippen molar-refractivity contribution < 1.29 is 19.0 Å². The van der Waals surface area contributed by atoms with Crippen LogP contribution in [-0.4, -0.2) is 19.6 Å². The maximum Gasteiger partial charge on any atom is 0.255 e. The van der Waals surface area contributed by atoms with Gasteiger partial charge >= 0.3 is 0 Å². The Balaban J connectivity index is 1.78. The molecule has 0 aliphatic rings. The van der Waals surface area contributed by atoms with Crippen molar-refractivity contribution >= 4 is 23.2 Å². The van der Waals surface area contributed by atoms with Crippen molar-refractivity contribution in [1.29, 1.82) is 0 Å². The van der Waals surface area contributed by atoms with Gasteiger partial charge in [-0.25, -0.2) is 0 Å². The maximum atomic E-state index is 12.8. The van der Waals surface area contributed by atoms with Crippen LogP contribution in [0.4, 0.5) is 5.69 Å². The SMILES string of the molecule is CCOc1ccccc1NC(=O)c1ccc(OC)c(COc2ccc(Cl)c(C)c2)c1. The van der Waals surface area contributed by atoms with Gasteiger partial charge in [0.05, 0.1) is 19.4 Å². The topological polar surface area (TPSA) is 56.8 Å². The van der Waals surface area contributed by atoms with E-state index in [9.17, 15) is 4.79 Å². The zero-order chi connectivity index (χ0) is 21.5. The Morgan fingerprint density at radius 1 is 1.00 bits per heavy atom. The lowest BCUT2D eigenvalue weighted by atomic mass is 10.1. The molecule has 0 heterocycles. The van der Waals surface area contributed by atoms with Gasteiger partial charge in [0, 0.05) is 16.1 Å². The summed E-state index contributed by atoms with van der Waals surface area (Å²) in [5.41, 5.74) is 2.81. The van der Waals surface area contributed by atoms with Gasteiger partial charge in [-0.05, 0) is 67.9 Å². The number of para-hydroxylation sites is 2. The summed E-state index contributed by atoms with van der Waals surface area (Å²) < 4.78 is 16.9. The Morgan fingerprint density at radius 3 is 2.53 bits per heavy atom. The molecule has 30 heavy (non-hydrogen) atoms. The third-order valence-corrected chi connectivity index (χ3v) is 4.93. The largest absolute Gasteiger partial charge is 0.496 e. The number of anilines is 1. The minimum Gasteiger partial charge on any atom is -0.496 e. The first-order valence-electron chi connectivity index (χ1n) is 9.61. The minimum atomic E-state index is -0.242. The van der Waals surface area contributed by atoms with Gasteiger partial charge in [0.15, 0.2) is 0 Å². The van der Waals surface area contributed by atoms with Crippen molar-refractivity contribution in [3.63, 3.8) is 0 Å². The van der Waals surface area contributed by atoms with Gasteiger partial charge in [-0.1, -0.05) is 23.7 Å². The normalized spacial score (nSPS) is 10.4. The van der Waals surface area contributed by atoms with Gasteiger partial charge in [-0.15, -0.1) is 0 Å². The number of amides is 1. The fraction of sp³-hybridized carbons (Fsp3) is 0.208. The number of aryl methyl sites for hydroxylation is 1. The molecule has 0 aliphatic carbocycles. The first-order chi connectivity index (χ1) is 14.5. The molecule has 0 saturated heterocycles. The highest BCUT2D eigenvalue weighted by Gasteiger charge is 2.13. The fourth-order valence-electron chi connectivity index (χ4n) is 2.95. The molecule has 0 aromatic heterocycles. The number of benzene rings is 3. The molecule has 0 unspecified atom stereocenters. The monoisotopic (exact) mass is 425 g/mol. The van der Waals surface area contributed by atoms with Crippen molar-refractivity contribution in [1.82, 2.24) is 0 Å². The fourth-order valence-corrected chi connectivity index (χ4v) is 3.06. The summed E-state index contributed by atoms with van der Waals surface area (Å²) in [7, 11) is 1.59. The number of carbonyl (C=O) groups excluding carboxylic acids is 1. The van der Waals surface area contributed by atoms with E-state index in [0.29, 0.717) is 40.1 Å². The predicted molar refractivity (Wildman–Crippen MR) is 119 cm³/mol.